The summed E-state index contributed by atoms with van der Waals surface area (Å²) >= 11 is 0.257. The van der Waals surface area contributed by atoms with Gasteiger partial charge in [-0.1, -0.05) is 13.8 Å². The molecule has 0 aliphatic rings. The van der Waals surface area contributed by atoms with Crippen LogP contribution in [0.1, 0.15) is 65.2 Å². The molecule has 0 saturated heterocycles. The van der Waals surface area contributed by atoms with E-state index < -0.39 is 23.6 Å². The second-order valence-electron chi connectivity index (χ2n) is 12.9. The molecule has 1 N–H and O–H groups in total. The second kappa shape index (κ2) is 14.3. The third-order valence-corrected chi connectivity index (χ3v) is 10.3. The average Bonchev–Trinajstić information content (AvgIpc) is 3.32. The maximum Gasteiger partial charge on any atom is 0 e. The number of carbonyl (C=O) groups is 1. The minimum Gasteiger partial charge on any atom is 0 e. The summed E-state index contributed by atoms with van der Waals surface area (Å²) in [5.41, 5.74) is 6.63. The van der Waals surface area contributed by atoms with E-state index in [2.05, 4.69) is 96.1 Å². The topological polar surface area (TPSA) is 50.2 Å². The van der Waals surface area contributed by atoms with Crippen molar-refractivity contribution >= 4 is 50.4 Å². The van der Waals surface area contributed by atoms with Crippen LogP contribution in [0.15, 0.2) is 66.6 Å². The summed E-state index contributed by atoms with van der Waals surface area (Å²) in [6.45, 7) is 16.7. The third-order valence-electron chi connectivity index (χ3n) is 7.52. The molecular weight excluding hydrogens is 819 g/mol. The number of hydrogen-bond acceptors (Lipinski definition) is 3. The van der Waals surface area contributed by atoms with Crippen LogP contribution in [0.5, 0.6) is 0 Å². The molecule has 0 unspecified atom stereocenters. The Labute approximate surface area is 283 Å². The van der Waals surface area contributed by atoms with Crippen molar-refractivity contribution in [2.24, 2.45) is 11.8 Å². The van der Waals surface area contributed by atoms with Gasteiger partial charge in [-0.2, -0.15) is 13.2 Å². The molecule has 241 valence electrons. The molecule has 0 spiro atoms. The number of aliphatic hydroxyl groups is 1. The number of fused-ring (bicyclic) bond motifs is 4. The number of rotatable bonds is 5. The van der Waals surface area contributed by atoms with Gasteiger partial charge >= 0.3 is 204 Å². The van der Waals surface area contributed by atoms with Crippen molar-refractivity contribution in [3.63, 3.8) is 0 Å². The van der Waals surface area contributed by atoms with E-state index in [1.807, 2.05) is 6.20 Å². The molecule has 3 aromatic carbocycles. The molecule has 2 heterocycles. The van der Waals surface area contributed by atoms with Gasteiger partial charge in [0, 0.05) is 32.1 Å². The number of pyridine rings is 1. The molecule has 45 heavy (non-hydrogen) atoms. The van der Waals surface area contributed by atoms with Gasteiger partial charge < -0.3 is 5.11 Å². The van der Waals surface area contributed by atoms with E-state index in [0.717, 1.165) is 17.7 Å². The van der Waals surface area contributed by atoms with Crippen LogP contribution in [-0.2, 0) is 36.7 Å². The van der Waals surface area contributed by atoms with Crippen LogP contribution in [0.4, 0.5) is 13.2 Å². The van der Waals surface area contributed by atoms with Crippen LogP contribution >= 0.6 is 0 Å². The van der Waals surface area contributed by atoms with E-state index in [0.29, 0.717) is 5.92 Å². The first kappa shape index (κ1) is 36.7. The van der Waals surface area contributed by atoms with E-state index in [-0.39, 0.29) is 46.1 Å². The van der Waals surface area contributed by atoms with E-state index >= 15 is 0 Å². The Morgan fingerprint density at radius 2 is 1.62 bits per heavy atom. The van der Waals surface area contributed by atoms with Gasteiger partial charge in [-0.3, -0.25) is 4.79 Å². The fourth-order valence-corrected chi connectivity index (χ4v) is 7.93. The monoisotopic (exact) mass is 859 g/mol. The SMILES string of the molecule is CC(C)C(=O)/C=C(\O)C(F)(F)F.Cc1c(CC(C)C)ccc2c1[se]c1c(-c3[c-]c4ccccc4c(C(C)(C)C)c3)nccc12.[Ir]. The van der Waals surface area contributed by atoms with Crippen molar-refractivity contribution in [3.8, 4) is 11.3 Å². The van der Waals surface area contributed by atoms with Crippen molar-refractivity contribution in [1.29, 1.82) is 0 Å². The predicted octanol–water partition coefficient (Wildman–Crippen LogP) is 10.1. The van der Waals surface area contributed by atoms with Gasteiger partial charge in [-0.05, 0) is 0 Å². The van der Waals surface area contributed by atoms with Gasteiger partial charge in [-0.25, -0.2) is 0 Å². The summed E-state index contributed by atoms with van der Waals surface area (Å²) in [7, 11) is 0. The van der Waals surface area contributed by atoms with Crippen LogP contribution in [0, 0.1) is 24.8 Å². The standard InChI is InChI=1S/C30H30NSe.C7H9F3O2.Ir/c1-18(2)15-20-11-12-24-25-13-14-31-27(29(25)32-28(24)19(20)3)22-16-21-9-7-8-10-23(21)26(17-22)30(4,5)6;1-4(2)5(11)3-6(12)7(8,9)10;/h7-14,17-18H,15H2,1-6H3;3-4,12H,1-2H3;/q-1;;/b;6-3-;. The van der Waals surface area contributed by atoms with Crippen molar-refractivity contribution in [2.45, 2.75) is 73.4 Å². The third kappa shape index (κ3) is 8.34. The van der Waals surface area contributed by atoms with Gasteiger partial charge in [0.05, 0.1) is 0 Å². The summed E-state index contributed by atoms with van der Waals surface area (Å²) in [5.74, 6) is -2.47. The van der Waals surface area contributed by atoms with E-state index in [1.54, 1.807) is 0 Å². The Morgan fingerprint density at radius 3 is 2.22 bits per heavy atom. The second-order valence-corrected chi connectivity index (χ2v) is 15.1. The van der Waals surface area contributed by atoms with Crippen LogP contribution in [0.2, 0.25) is 0 Å². The Morgan fingerprint density at radius 1 is 0.978 bits per heavy atom. The molecule has 8 heteroatoms. The van der Waals surface area contributed by atoms with Crippen LogP contribution < -0.4 is 0 Å². The number of aryl methyl sites for hydroxylation is 1. The maximum atomic E-state index is 11.6. The van der Waals surface area contributed by atoms with Crippen LogP contribution in [0.25, 0.3) is 41.3 Å². The minimum absolute atomic E-state index is 0. The Kier molecular flexibility index (Phi) is 11.7. The van der Waals surface area contributed by atoms with Crippen LogP contribution in [0.3, 0.4) is 0 Å². The van der Waals surface area contributed by atoms with Crippen LogP contribution in [-0.4, -0.2) is 36.6 Å². The van der Waals surface area contributed by atoms with Crippen molar-refractivity contribution < 1.29 is 43.2 Å². The molecule has 2 aromatic heterocycles. The summed E-state index contributed by atoms with van der Waals surface area (Å²) in [6, 6.07) is 21.6. The number of allylic oxidation sites excluding steroid dienone is 2. The van der Waals surface area contributed by atoms with Gasteiger partial charge in [0.2, 0.25) is 5.76 Å². The molecule has 0 saturated carbocycles. The average molecular weight is 858 g/mol. The van der Waals surface area contributed by atoms with Crippen molar-refractivity contribution in [3.05, 3.63) is 89.3 Å². The molecule has 0 atom stereocenters. The Bertz CT molecular complexity index is 1860. The normalized spacial score (nSPS) is 12.5. The summed E-state index contributed by atoms with van der Waals surface area (Å²) in [4.78, 5) is 15.6. The fraction of sp³-hybridized carbons (Fsp3) is 0.351. The van der Waals surface area contributed by atoms with Gasteiger partial charge in [-0.15, -0.1) is 0 Å². The number of carbonyl (C=O) groups excluding carboxylic acids is 1. The molecule has 0 fully saturated rings. The van der Waals surface area contributed by atoms with E-state index in [1.165, 1.54) is 60.6 Å². The number of nitrogens with zero attached hydrogens (tertiary/aromatic N) is 1. The first-order chi connectivity index (χ1) is 20.5. The molecule has 1 radical (unpaired) electrons. The predicted molar refractivity (Wildman–Crippen MR) is 177 cm³/mol. The molecule has 3 nitrogen and oxygen atoms in total. The number of halogens is 3. The summed E-state index contributed by atoms with van der Waals surface area (Å²) in [5, 5.41) is 13.6. The summed E-state index contributed by atoms with van der Waals surface area (Å²) in [6.07, 6.45) is -1.50. The number of alkyl halides is 3. The largest absolute Gasteiger partial charge is 0 e. The molecule has 0 amide bonds. The Hall–Kier alpha value is -2.76. The molecule has 0 bridgehead atoms. The van der Waals surface area contributed by atoms with Gasteiger partial charge in [0.25, 0.3) is 0 Å². The summed E-state index contributed by atoms with van der Waals surface area (Å²) < 4.78 is 37.8. The molecular formula is C37H39F3IrNO2Se-. The smallest absolute Gasteiger partial charge is 0 e. The van der Waals surface area contributed by atoms with Crippen molar-refractivity contribution in [1.82, 2.24) is 4.98 Å². The number of hydrogen-bond donors (Lipinski definition) is 1. The minimum atomic E-state index is -4.83. The van der Waals surface area contributed by atoms with E-state index in [9.17, 15) is 18.0 Å². The molecule has 5 aromatic rings. The fourth-order valence-electron chi connectivity index (χ4n) is 5.16. The number of ketones is 1. The Balaban J connectivity index is 0.000000365. The zero-order chi connectivity index (χ0) is 32.6. The number of aliphatic hydroxyl groups excluding tert-OH is 1. The van der Waals surface area contributed by atoms with E-state index in [4.69, 9.17) is 10.1 Å². The zero-order valence-electron chi connectivity index (χ0n) is 26.8. The quantitative estimate of drug-likeness (QED) is 0.0829. The van der Waals surface area contributed by atoms with Gasteiger partial charge in [0.15, 0.2) is 5.78 Å². The number of aromatic nitrogens is 1. The zero-order valence-corrected chi connectivity index (χ0v) is 30.9. The first-order valence-corrected chi connectivity index (χ1v) is 16.5. The molecule has 5 rings (SSSR count). The maximum absolute atomic E-state index is 11.6. The number of benzene rings is 3. The molecule has 0 aliphatic heterocycles. The first-order valence-electron chi connectivity index (χ1n) is 14.8. The van der Waals surface area contributed by atoms with Gasteiger partial charge in [0.1, 0.15) is 0 Å². The molecule has 0 aliphatic carbocycles. The van der Waals surface area contributed by atoms with Crippen molar-refractivity contribution in [2.75, 3.05) is 0 Å².